The highest BCUT2D eigenvalue weighted by Gasteiger charge is 2.21. The van der Waals surface area contributed by atoms with E-state index in [1.165, 1.54) is 17.4 Å². The minimum absolute atomic E-state index is 0. The van der Waals surface area contributed by atoms with Gasteiger partial charge in [0.05, 0.1) is 12.1 Å². The van der Waals surface area contributed by atoms with E-state index in [0.717, 1.165) is 21.9 Å². The van der Waals surface area contributed by atoms with Gasteiger partial charge in [-0.3, -0.25) is 4.79 Å². The molecule has 0 saturated carbocycles. The minimum atomic E-state index is -0.305. The second-order valence-corrected chi connectivity index (χ2v) is 8.99. The lowest BCUT2D eigenvalue weighted by Crippen LogP contribution is -2.19. The van der Waals surface area contributed by atoms with Crippen molar-refractivity contribution in [3.05, 3.63) is 68.6 Å². The highest BCUT2D eigenvalue weighted by Crippen LogP contribution is 2.39. The average Bonchev–Trinajstić information content (AvgIpc) is 3.20. The van der Waals surface area contributed by atoms with E-state index in [1.54, 1.807) is 6.07 Å². The Morgan fingerprint density at radius 1 is 1.23 bits per heavy atom. The molecule has 164 valence electrons. The molecule has 2 aromatic heterocycles. The van der Waals surface area contributed by atoms with Gasteiger partial charge < -0.3 is 15.8 Å². The number of H-pyrrole nitrogens is 1. The first-order valence-electron chi connectivity index (χ1n) is 10.0. The Morgan fingerprint density at radius 3 is 2.58 bits per heavy atom. The molecule has 2 aromatic carbocycles. The number of hydrogen-bond donors (Lipinski definition) is 3. The topological polar surface area (TPSA) is 79.1 Å². The fourth-order valence-electron chi connectivity index (χ4n) is 4.37. The van der Waals surface area contributed by atoms with Crippen LogP contribution in [0, 0.1) is 18.7 Å². The fourth-order valence-corrected chi connectivity index (χ4v) is 5.16. The van der Waals surface area contributed by atoms with Gasteiger partial charge in [-0.1, -0.05) is 32.0 Å². The zero-order chi connectivity index (χ0) is 21.6. The molecular weight excluding hydrogens is 435 g/mol. The van der Waals surface area contributed by atoms with E-state index in [0.29, 0.717) is 33.5 Å². The van der Waals surface area contributed by atoms with E-state index >= 15 is 4.39 Å². The summed E-state index contributed by atoms with van der Waals surface area (Å²) in [6, 6.07) is 8.97. The molecule has 0 bridgehead atoms. The van der Waals surface area contributed by atoms with Crippen LogP contribution in [0.5, 0.6) is 0 Å². The van der Waals surface area contributed by atoms with Crippen molar-refractivity contribution in [3.8, 4) is 11.1 Å². The Kier molecular flexibility index (Phi) is 6.86. The summed E-state index contributed by atoms with van der Waals surface area (Å²) in [6.07, 6.45) is 0. The first-order chi connectivity index (χ1) is 14.4. The molecular formula is C24H26ClFN2O2S. The van der Waals surface area contributed by atoms with Crippen LogP contribution in [-0.2, 0) is 6.61 Å². The third-order valence-electron chi connectivity index (χ3n) is 5.90. The van der Waals surface area contributed by atoms with Gasteiger partial charge in [0.1, 0.15) is 10.5 Å². The second kappa shape index (κ2) is 9.09. The SMILES string of the molecule is Cc1cc(CO)c(-c2ccc(C(CN)C(C)C)c(F)c2)c2c1[nH]c(=O)c1sccc12.Cl. The number of aliphatic hydroxyl groups is 1. The smallest absolute Gasteiger partial charge is 0.266 e. The van der Waals surface area contributed by atoms with Gasteiger partial charge in [-0.25, -0.2) is 4.39 Å². The van der Waals surface area contributed by atoms with Gasteiger partial charge in [-0.05, 0) is 64.7 Å². The number of aryl methyl sites for hydroxylation is 1. The molecule has 4 nitrogen and oxygen atoms in total. The highest BCUT2D eigenvalue weighted by molar-refractivity contribution is 7.17. The predicted molar refractivity (Wildman–Crippen MR) is 130 cm³/mol. The third kappa shape index (κ3) is 3.89. The van der Waals surface area contributed by atoms with Gasteiger partial charge in [-0.15, -0.1) is 23.7 Å². The number of aromatic nitrogens is 1. The molecule has 4 rings (SSSR count). The van der Waals surface area contributed by atoms with Crippen molar-refractivity contribution in [1.29, 1.82) is 0 Å². The van der Waals surface area contributed by atoms with Crippen molar-refractivity contribution in [2.45, 2.75) is 33.3 Å². The van der Waals surface area contributed by atoms with Crippen molar-refractivity contribution in [3.63, 3.8) is 0 Å². The number of halogens is 2. The van der Waals surface area contributed by atoms with Crippen LogP contribution in [0.25, 0.3) is 32.1 Å². The number of benzene rings is 2. The number of nitrogens with one attached hydrogen (secondary N) is 1. The van der Waals surface area contributed by atoms with Gasteiger partial charge in [0.2, 0.25) is 0 Å². The summed E-state index contributed by atoms with van der Waals surface area (Å²) >= 11 is 1.37. The zero-order valence-electron chi connectivity index (χ0n) is 17.7. The molecule has 0 aliphatic heterocycles. The molecule has 7 heteroatoms. The Hall–Kier alpha value is -2.25. The number of aromatic amines is 1. The first kappa shape index (κ1) is 23.4. The van der Waals surface area contributed by atoms with Crippen LogP contribution in [0.3, 0.4) is 0 Å². The molecule has 4 aromatic rings. The van der Waals surface area contributed by atoms with Crippen LogP contribution in [0.15, 0.2) is 40.5 Å². The standard InChI is InChI=1S/C24H25FN2O2S.ClH/c1-12(2)18(10-26)16-5-4-14(9-19(16)25)20-15(11-28)8-13(3)22-21(20)17-6-7-30-23(17)24(29)27-22;/h4-9,12,18,28H,10-11,26H2,1-3H3,(H,27,29);1H. The summed E-state index contributed by atoms with van der Waals surface area (Å²) < 4.78 is 15.8. The highest BCUT2D eigenvalue weighted by atomic mass is 35.5. The third-order valence-corrected chi connectivity index (χ3v) is 6.82. The predicted octanol–water partition coefficient (Wildman–Crippen LogP) is 5.47. The number of nitrogens with two attached hydrogens (primary N) is 1. The number of pyridine rings is 1. The molecule has 0 radical (unpaired) electrons. The summed E-state index contributed by atoms with van der Waals surface area (Å²) in [5.41, 5.74) is 10.1. The van der Waals surface area contributed by atoms with E-state index in [4.69, 9.17) is 5.73 Å². The molecule has 0 fully saturated rings. The largest absolute Gasteiger partial charge is 0.392 e. The Bertz CT molecular complexity index is 1310. The zero-order valence-corrected chi connectivity index (χ0v) is 19.3. The quantitative estimate of drug-likeness (QED) is 0.369. The number of fused-ring (bicyclic) bond motifs is 3. The maximum absolute atomic E-state index is 15.2. The van der Waals surface area contributed by atoms with E-state index < -0.39 is 0 Å². The van der Waals surface area contributed by atoms with Gasteiger partial charge in [0, 0.05) is 16.7 Å². The number of hydrogen-bond acceptors (Lipinski definition) is 4. The Balaban J connectivity index is 0.00000272. The first-order valence-corrected chi connectivity index (χ1v) is 10.9. The fraction of sp³-hybridized carbons (Fsp3) is 0.292. The molecule has 0 saturated heterocycles. The monoisotopic (exact) mass is 460 g/mol. The van der Waals surface area contributed by atoms with E-state index in [9.17, 15) is 9.90 Å². The molecule has 0 amide bonds. The van der Waals surface area contributed by atoms with Crippen LogP contribution < -0.4 is 11.3 Å². The van der Waals surface area contributed by atoms with E-state index in [1.807, 2.05) is 44.4 Å². The summed E-state index contributed by atoms with van der Waals surface area (Å²) in [7, 11) is 0. The molecule has 1 atom stereocenters. The van der Waals surface area contributed by atoms with Crippen LogP contribution in [0.1, 0.15) is 36.5 Å². The number of aliphatic hydroxyl groups excluding tert-OH is 1. The molecule has 1 unspecified atom stereocenters. The summed E-state index contributed by atoms with van der Waals surface area (Å²) in [5.74, 6) is -0.148. The lowest BCUT2D eigenvalue weighted by atomic mass is 9.86. The lowest BCUT2D eigenvalue weighted by Gasteiger charge is -2.21. The van der Waals surface area contributed by atoms with Crippen molar-refractivity contribution >= 4 is 44.7 Å². The maximum atomic E-state index is 15.2. The van der Waals surface area contributed by atoms with Gasteiger partial charge >= 0.3 is 0 Å². The van der Waals surface area contributed by atoms with Crippen LogP contribution >= 0.6 is 23.7 Å². The Labute approximate surface area is 190 Å². The van der Waals surface area contributed by atoms with Gasteiger partial charge in [0.25, 0.3) is 5.56 Å². The molecule has 0 aliphatic carbocycles. The maximum Gasteiger partial charge on any atom is 0.266 e. The van der Waals surface area contributed by atoms with Crippen LogP contribution in [0.4, 0.5) is 4.39 Å². The normalized spacial score (nSPS) is 12.5. The molecule has 31 heavy (non-hydrogen) atoms. The molecule has 0 spiro atoms. The molecule has 0 aliphatic rings. The Morgan fingerprint density at radius 2 is 1.97 bits per heavy atom. The number of thiophene rings is 1. The molecule has 4 N–H and O–H groups in total. The van der Waals surface area contributed by atoms with Crippen molar-refractivity contribution in [2.75, 3.05) is 6.54 Å². The van der Waals surface area contributed by atoms with Crippen molar-refractivity contribution in [1.82, 2.24) is 4.98 Å². The molecule has 2 heterocycles. The average molecular weight is 461 g/mol. The van der Waals surface area contributed by atoms with E-state index in [2.05, 4.69) is 4.98 Å². The second-order valence-electron chi connectivity index (χ2n) is 8.08. The van der Waals surface area contributed by atoms with E-state index in [-0.39, 0.29) is 42.2 Å². The van der Waals surface area contributed by atoms with Gasteiger partial charge in [0.15, 0.2) is 0 Å². The van der Waals surface area contributed by atoms with Crippen LogP contribution in [0.2, 0.25) is 0 Å². The summed E-state index contributed by atoms with van der Waals surface area (Å²) in [4.78, 5) is 15.5. The summed E-state index contributed by atoms with van der Waals surface area (Å²) in [6.45, 7) is 6.16. The summed E-state index contributed by atoms with van der Waals surface area (Å²) in [5, 5.41) is 13.6. The number of rotatable bonds is 5. The van der Waals surface area contributed by atoms with Crippen LogP contribution in [-0.4, -0.2) is 16.6 Å². The van der Waals surface area contributed by atoms with Crippen molar-refractivity contribution in [2.24, 2.45) is 11.7 Å². The lowest BCUT2D eigenvalue weighted by molar-refractivity contribution is 0.282. The van der Waals surface area contributed by atoms with Crippen molar-refractivity contribution < 1.29 is 9.50 Å². The van der Waals surface area contributed by atoms with Gasteiger partial charge in [-0.2, -0.15) is 0 Å². The minimum Gasteiger partial charge on any atom is -0.392 e.